The predicted molar refractivity (Wildman–Crippen MR) is 83.0 cm³/mol. The first-order chi connectivity index (χ1) is 9.56. The Morgan fingerprint density at radius 2 is 1.95 bits per heavy atom. The van der Waals surface area contributed by atoms with E-state index in [1.807, 2.05) is 7.11 Å². The number of hydrogen-bond donors (Lipinski definition) is 1. The van der Waals surface area contributed by atoms with E-state index >= 15 is 0 Å². The summed E-state index contributed by atoms with van der Waals surface area (Å²) in [6.45, 7) is 5.72. The Balaban J connectivity index is 1.75. The molecule has 0 amide bonds. The van der Waals surface area contributed by atoms with Crippen molar-refractivity contribution in [2.75, 3.05) is 13.7 Å². The van der Waals surface area contributed by atoms with Crippen molar-refractivity contribution in [3.63, 3.8) is 0 Å². The fraction of sp³-hybridized carbons (Fsp3) is 0.667. The van der Waals surface area contributed by atoms with Crippen LogP contribution in [-0.2, 0) is 10.2 Å². The summed E-state index contributed by atoms with van der Waals surface area (Å²) in [7, 11) is 1.86. The van der Waals surface area contributed by atoms with E-state index in [-0.39, 0.29) is 5.60 Å². The summed E-state index contributed by atoms with van der Waals surface area (Å²) in [6, 6.07) is 9.44. The Labute approximate surface area is 122 Å². The van der Waals surface area contributed by atoms with Gasteiger partial charge < -0.3 is 10.1 Å². The van der Waals surface area contributed by atoms with Crippen LogP contribution in [0.15, 0.2) is 24.3 Å². The van der Waals surface area contributed by atoms with E-state index in [4.69, 9.17) is 4.74 Å². The molecule has 1 aromatic carbocycles. The van der Waals surface area contributed by atoms with Gasteiger partial charge in [-0.05, 0) is 48.6 Å². The molecular weight excluding hydrogens is 246 g/mol. The van der Waals surface area contributed by atoms with Crippen molar-refractivity contribution in [2.24, 2.45) is 0 Å². The van der Waals surface area contributed by atoms with Crippen molar-refractivity contribution in [2.45, 2.75) is 63.0 Å². The number of rotatable bonds is 4. The van der Waals surface area contributed by atoms with Gasteiger partial charge in [-0.25, -0.2) is 0 Å². The van der Waals surface area contributed by atoms with Gasteiger partial charge in [-0.3, -0.25) is 0 Å². The normalized spacial score (nSPS) is 26.6. The molecule has 2 nitrogen and oxygen atoms in total. The molecule has 0 heterocycles. The van der Waals surface area contributed by atoms with E-state index < -0.39 is 0 Å². The van der Waals surface area contributed by atoms with Crippen molar-refractivity contribution < 1.29 is 4.74 Å². The highest BCUT2D eigenvalue weighted by atomic mass is 16.5. The van der Waals surface area contributed by atoms with Crippen LogP contribution in [-0.4, -0.2) is 19.3 Å². The number of fused-ring (bicyclic) bond motifs is 1. The lowest BCUT2D eigenvalue weighted by molar-refractivity contribution is -0.0712. The van der Waals surface area contributed by atoms with Gasteiger partial charge in [0.15, 0.2) is 0 Å². The van der Waals surface area contributed by atoms with Gasteiger partial charge in [0.1, 0.15) is 0 Å². The number of benzene rings is 1. The number of ether oxygens (including phenoxy) is 1. The minimum atomic E-state index is 0.113. The molecule has 20 heavy (non-hydrogen) atoms. The van der Waals surface area contributed by atoms with Gasteiger partial charge >= 0.3 is 0 Å². The summed E-state index contributed by atoms with van der Waals surface area (Å²) in [4.78, 5) is 0. The molecule has 0 spiro atoms. The lowest BCUT2D eigenvalue weighted by Crippen LogP contribution is -2.49. The van der Waals surface area contributed by atoms with E-state index in [0.29, 0.717) is 11.5 Å². The molecule has 0 aromatic heterocycles. The van der Waals surface area contributed by atoms with Crippen LogP contribution in [0.25, 0.3) is 0 Å². The van der Waals surface area contributed by atoms with Gasteiger partial charge in [-0.15, -0.1) is 0 Å². The topological polar surface area (TPSA) is 21.3 Å². The van der Waals surface area contributed by atoms with E-state index in [0.717, 1.165) is 6.54 Å². The Kier molecular flexibility index (Phi) is 3.64. The Morgan fingerprint density at radius 1 is 1.20 bits per heavy atom. The molecule has 3 rings (SSSR count). The molecule has 1 atom stereocenters. The van der Waals surface area contributed by atoms with Crippen molar-refractivity contribution in [3.8, 4) is 0 Å². The summed E-state index contributed by atoms with van der Waals surface area (Å²) in [5, 5.41) is 3.78. The maximum absolute atomic E-state index is 5.73. The Bertz CT molecular complexity index is 471. The third kappa shape index (κ3) is 2.40. The zero-order valence-corrected chi connectivity index (χ0v) is 13.0. The lowest BCUT2D eigenvalue weighted by atomic mass is 9.70. The highest BCUT2D eigenvalue weighted by molar-refractivity contribution is 5.38. The maximum Gasteiger partial charge on any atom is 0.0802 e. The molecule has 0 saturated heterocycles. The number of hydrogen-bond acceptors (Lipinski definition) is 2. The molecular formula is C18H27NO. The van der Waals surface area contributed by atoms with Gasteiger partial charge in [0.25, 0.3) is 0 Å². The molecule has 0 aliphatic heterocycles. The van der Waals surface area contributed by atoms with Crippen molar-refractivity contribution in [1.29, 1.82) is 0 Å². The van der Waals surface area contributed by atoms with Gasteiger partial charge in [0.2, 0.25) is 0 Å². The second-order valence-electron chi connectivity index (χ2n) is 7.18. The zero-order chi connectivity index (χ0) is 14.2. The third-order valence-electron chi connectivity index (χ3n) is 5.49. The van der Waals surface area contributed by atoms with Crippen molar-refractivity contribution in [1.82, 2.24) is 5.32 Å². The molecule has 1 saturated carbocycles. The summed E-state index contributed by atoms with van der Waals surface area (Å²) in [5.74, 6) is 0. The average molecular weight is 273 g/mol. The first kappa shape index (κ1) is 14.1. The molecule has 2 heteroatoms. The highest BCUT2D eigenvalue weighted by Gasteiger charge is 2.38. The minimum absolute atomic E-state index is 0.113. The first-order valence-corrected chi connectivity index (χ1v) is 7.94. The SMILES string of the molecule is COC1(CNC2CCC(C)(C)c3ccccc32)CCC1. The first-order valence-electron chi connectivity index (χ1n) is 7.94. The summed E-state index contributed by atoms with van der Waals surface area (Å²) >= 11 is 0. The monoisotopic (exact) mass is 273 g/mol. The summed E-state index contributed by atoms with van der Waals surface area (Å²) in [6.07, 6.45) is 6.20. The van der Waals surface area contributed by atoms with E-state index in [9.17, 15) is 0 Å². The molecule has 110 valence electrons. The van der Waals surface area contributed by atoms with Crippen LogP contribution in [0.4, 0.5) is 0 Å². The largest absolute Gasteiger partial charge is 0.377 e. The quantitative estimate of drug-likeness (QED) is 0.896. The van der Waals surface area contributed by atoms with Crippen LogP contribution >= 0.6 is 0 Å². The number of nitrogens with one attached hydrogen (secondary N) is 1. The number of methoxy groups -OCH3 is 1. The van der Waals surface area contributed by atoms with Crippen LogP contribution in [0.1, 0.15) is 63.1 Å². The smallest absolute Gasteiger partial charge is 0.0802 e. The van der Waals surface area contributed by atoms with Crippen molar-refractivity contribution in [3.05, 3.63) is 35.4 Å². The fourth-order valence-electron chi connectivity index (χ4n) is 3.76. The summed E-state index contributed by atoms with van der Waals surface area (Å²) in [5.41, 5.74) is 3.43. The second kappa shape index (κ2) is 5.16. The van der Waals surface area contributed by atoms with Crippen LogP contribution in [0.5, 0.6) is 0 Å². The van der Waals surface area contributed by atoms with Crippen molar-refractivity contribution >= 4 is 0 Å². The molecule has 1 unspecified atom stereocenters. The second-order valence-corrected chi connectivity index (χ2v) is 7.18. The zero-order valence-electron chi connectivity index (χ0n) is 13.0. The standard InChI is InChI=1S/C18H27NO/c1-17(2)12-9-16(14-7-4-5-8-15(14)17)19-13-18(20-3)10-6-11-18/h4-5,7-8,16,19H,6,9-13H2,1-3H3. The third-order valence-corrected chi connectivity index (χ3v) is 5.49. The van der Waals surface area contributed by atoms with Crippen LogP contribution < -0.4 is 5.32 Å². The van der Waals surface area contributed by atoms with Gasteiger partial charge in [0, 0.05) is 19.7 Å². The molecule has 0 bridgehead atoms. The van der Waals surface area contributed by atoms with E-state index in [1.165, 1.54) is 43.2 Å². The average Bonchev–Trinajstić information content (AvgIpc) is 2.40. The van der Waals surface area contributed by atoms with E-state index in [1.54, 1.807) is 0 Å². The Hall–Kier alpha value is -0.860. The van der Waals surface area contributed by atoms with Gasteiger partial charge in [-0.1, -0.05) is 38.1 Å². The van der Waals surface area contributed by atoms with Crippen LogP contribution in [0.3, 0.4) is 0 Å². The predicted octanol–water partition coefficient (Wildman–Crippen LogP) is 3.96. The van der Waals surface area contributed by atoms with Gasteiger partial charge in [-0.2, -0.15) is 0 Å². The molecule has 1 aromatic rings. The van der Waals surface area contributed by atoms with Gasteiger partial charge in [0.05, 0.1) is 5.60 Å². The molecule has 1 fully saturated rings. The molecule has 2 aliphatic carbocycles. The Morgan fingerprint density at radius 3 is 2.60 bits per heavy atom. The fourth-order valence-corrected chi connectivity index (χ4v) is 3.76. The molecule has 2 aliphatic rings. The van der Waals surface area contributed by atoms with Crippen LogP contribution in [0, 0.1) is 0 Å². The van der Waals surface area contributed by atoms with E-state index in [2.05, 4.69) is 43.4 Å². The summed E-state index contributed by atoms with van der Waals surface area (Å²) < 4.78 is 5.73. The molecule has 1 N–H and O–H groups in total. The maximum atomic E-state index is 5.73. The van der Waals surface area contributed by atoms with Crippen LogP contribution in [0.2, 0.25) is 0 Å². The lowest BCUT2D eigenvalue weighted by Gasteiger charge is -2.43. The molecule has 0 radical (unpaired) electrons. The minimum Gasteiger partial charge on any atom is -0.377 e. The highest BCUT2D eigenvalue weighted by Crippen LogP contribution is 2.42.